The predicted molar refractivity (Wildman–Crippen MR) is 90.8 cm³/mol. The van der Waals surface area contributed by atoms with E-state index >= 15 is 0 Å². The van der Waals surface area contributed by atoms with E-state index in [1.807, 2.05) is 0 Å². The van der Waals surface area contributed by atoms with Crippen LogP contribution in [0.15, 0.2) is 23.1 Å². The van der Waals surface area contributed by atoms with Crippen molar-refractivity contribution in [3.8, 4) is 0 Å². The Hall–Kier alpha value is -1.15. The molecule has 0 saturated heterocycles. The molecule has 0 atom stereocenters. The van der Waals surface area contributed by atoms with E-state index in [9.17, 15) is 13.2 Å². The number of hydrogen-bond acceptors (Lipinski definition) is 5. The molecule has 0 bridgehead atoms. The molecule has 8 heteroatoms. The molecule has 1 aromatic rings. The fraction of sp³-hybridized carbons (Fsp3) is 0.562. The van der Waals surface area contributed by atoms with Crippen LogP contribution in [0.1, 0.15) is 42.5 Å². The zero-order valence-corrected chi connectivity index (χ0v) is 15.2. The lowest BCUT2D eigenvalue weighted by Gasteiger charge is -2.12. The smallest absolute Gasteiger partial charge is 0.339 e. The van der Waals surface area contributed by atoms with Crippen molar-refractivity contribution in [3.63, 3.8) is 0 Å². The minimum absolute atomic E-state index is 0.0200. The van der Waals surface area contributed by atoms with Gasteiger partial charge in [-0.3, -0.25) is 0 Å². The molecule has 24 heavy (non-hydrogen) atoms. The SMILES string of the molecule is COC(=O)c1cc(S(=O)(=O)NCCCOC2CCCC2)ccc1Cl. The van der Waals surface area contributed by atoms with Crippen LogP contribution in [0.3, 0.4) is 0 Å². The van der Waals surface area contributed by atoms with Crippen LogP contribution in [0.4, 0.5) is 0 Å². The molecule has 0 amide bonds. The van der Waals surface area contributed by atoms with E-state index in [0.717, 1.165) is 12.8 Å². The van der Waals surface area contributed by atoms with Gasteiger partial charge in [-0.1, -0.05) is 24.4 Å². The lowest BCUT2D eigenvalue weighted by Crippen LogP contribution is -2.26. The number of sulfonamides is 1. The molecule has 1 aromatic carbocycles. The van der Waals surface area contributed by atoms with Crippen molar-refractivity contribution in [1.82, 2.24) is 4.72 Å². The zero-order chi connectivity index (χ0) is 17.6. The second kappa shape index (κ2) is 8.80. The molecule has 0 radical (unpaired) electrons. The minimum Gasteiger partial charge on any atom is -0.465 e. The maximum atomic E-state index is 12.3. The van der Waals surface area contributed by atoms with E-state index < -0.39 is 16.0 Å². The van der Waals surface area contributed by atoms with Gasteiger partial charge >= 0.3 is 5.97 Å². The third kappa shape index (κ3) is 5.17. The Labute approximate surface area is 147 Å². The Morgan fingerprint density at radius 3 is 2.71 bits per heavy atom. The monoisotopic (exact) mass is 375 g/mol. The highest BCUT2D eigenvalue weighted by molar-refractivity contribution is 7.89. The molecule has 0 heterocycles. The van der Waals surface area contributed by atoms with E-state index in [4.69, 9.17) is 16.3 Å². The maximum Gasteiger partial charge on any atom is 0.339 e. The summed E-state index contributed by atoms with van der Waals surface area (Å²) in [6.07, 6.45) is 5.50. The highest BCUT2D eigenvalue weighted by Gasteiger charge is 2.19. The largest absolute Gasteiger partial charge is 0.465 e. The lowest BCUT2D eigenvalue weighted by atomic mass is 10.2. The molecule has 1 N–H and O–H groups in total. The number of carbonyl (C=O) groups is 1. The molecule has 2 rings (SSSR count). The average Bonchev–Trinajstić information content (AvgIpc) is 3.07. The molecule has 1 aliphatic rings. The average molecular weight is 376 g/mol. The number of hydrogen-bond donors (Lipinski definition) is 1. The van der Waals surface area contributed by atoms with E-state index in [2.05, 4.69) is 9.46 Å². The van der Waals surface area contributed by atoms with Crippen LogP contribution in [0.2, 0.25) is 5.02 Å². The molecule has 0 spiro atoms. The van der Waals surface area contributed by atoms with Gasteiger partial charge in [0.1, 0.15) is 0 Å². The van der Waals surface area contributed by atoms with Gasteiger partial charge in [0.25, 0.3) is 0 Å². The summed E-state index contributed by atoms with van der Waals surface area (Å²) in [4.78, 5) is 11.6. The highest BCUT2D eigenvalue weighted by Crippen LogP contribution is 2.22. The van der Waals surface area contributed by atoms with Crippen molar-refractivity contribution in [2.24, 2.45) is 0 Å². The van der Waals surface area contributed by atoms with Crippen LogP contribution in [0.5, 0.6) is 0 Å². The molecular weight excluding hydrogens is 354 g/mol. The van der Waals surface area contributed by atoms with E-state index in [1.165, 1.54) is 38.2 Å². The Morgan fingerprint density at radius 1 is 1.33 bits per heavy atom. The summed E-state index contributed by atoms with van der Waals surface area (Å²) < 4.78 is 37.3. The molecular formula is C16H22ClNO5S. The molecule has 6 nitrogen and oxygen atoms in total. The van der Waals surface area contributed by atoms with Gasteiger partial charge in [0, 0.05) is 13.2 Å². The van der Waals surface area contributed by atoms with Gasteiger partial charge in [0.15, 0.2) is 0 Å². The summed E-state index contributed by atoms with van der Waals surface area (Å²) in [5, 5.41) is 0.144. The zero-order valence-electron chi connectivity index (χ0n) is 13.6. The number of benzene rings is 1. The van der Waals surface area contributed by atoms with Crippen LogP contribution in [0, 0.1) is 0 Å². The summed E-state index contributed by atoms with van der Waals surface area (Å²) in [5.74, 6) is -0.679. The van der Waals surface area contributed by atoms with Crippen LogP contribution < -0.4 is 4.72 Å². The summed E-state index contributed by atoms with van der Waals surface area (Å²) in [6.45, 7) is 0.798. The van der Waals surface area contributed by atoms with Crippen molar-refractivity contribution < 1.29 is 22.7 Å². The highest BCUT2D eigenvalue weighted by atomic mass is 35.5. The molecule has 1 saturated carbocycles. The third-order valence-corrected chi connectivity index (χ3v) is 5.71. The number of halogens is 1. The molecule has 0 aromatic heterocycles. The first-order valence-corrected chi connectivity index (χ1v) is 9.79. The topological polar surface area (TPSA) is 81.7 Å². The molecule has 0 unspecified atom stereocenters. The van der Waals surface area contributed by atoms with Crippen LogP contribution in [0.25, 0.3) is 0 Å². The van der Waals surface area contributed by atoms with Gasteiger partial charge < -0.3 is 9.47 Å². The number of methoxy groups -OCH3 is 1. The molecule has 134 valence electrons. The third-order valence-electron chi connectivity index (χ3n) is 3.92. The second-order valence-electron chi connectivity index (χ2n) is 5.66. The molecule has 0 aliphatic heterocycles. The molecule has 1 aliphatic carbocycles. The van der Waals surface area contributed by atoms with E-state index in [1.54, 1.807) is 0 Å². The standard InChI is InChI=1S/C16H22ClNO5S/c1-22-16(19)14-11-13(7-8-15(14)17)24(20,21)18-9-4-10-23-12-5-2-3-6-12/h7-8,11-12,18H,2-6,9-10H2,1H3. The van der Waals surface area contributed by atoms with Gasteiger partial charge in [0.05, 0.1) is 28.7 Å². The number of nitrogens with one attached hydrogen (secondary N) is 1. The van der Waals surface area contributed by atoms with Crippen LogP contribution >= 0.6 is 11.6 Å². The first-order valence-electron chi connectivity index (χ1n) is 7.93. The van der Waals surface area contributed by atoms with Crippen molar-refractivity contribution in [2.75, 3.05) is 20.3 Å². The lowest BCUT2D eigenvalue weighted by molar-refractivity contribution is 0.0574. The van der Waals surface area contributed by atoms with E-state index in [0.29, 0.717) is 19.1 Å². The van der Waals surface area contributed by atoms with Crippen LogP contribution in [-0.2, 0) is 19.5 Å². The van der Waals surface area contributed by atoms with Crippen molar-refractivity contribution in [3.05, 3.63) is 28.8 Å². The second-order valence-corrected chi connectivity index (χ2v) is 7.84. The van der Waals surface area contributed by atoms with Crippen LogP contribution in [-0.4, -0.2) is 40.8 Å². The first kappa shape index (κ1) is 19.2. The fourth-order valence-electron chi connectivity index (χ4n) is 2.60. The maximum absolute atomic E-state index is 12.3. The Balaban J connectivity index is 1.88. The number of ether oxygens (including phenoxy) is 2. The van der Waals surface area contributed by atoms with E-state index in [-0.39, 0.29) is 22.0 Å². The van der Waals surface area contributed by atoms with Gasteiger partial charge in [-0.05, 0) is 37.5 Å². The number of esters is 1. The van der Waals surface area contributed by atoms with Gasteiger partial charge in [-0.15, -0.1) is 0 Å². The predicted octanol–water partition coefficient (Wildman–Crippen LogP) is 2.75. The number of rotatable bonds is 8. The van der Waals surface area contributed by atoms with Gasteiger partial charge in [-0.2, -0.15) is 0 Å². The van der Waals surface area contributed by atoms with Crippen molar-refractivity contribution in [1.29, 1.82) is 0 Å². The van der Waals surface area contributed by atoms with Gasteiger partial charge in [0.2, 0.25) is 10.0 Å². The minimum atomic E-state index is -3.71. The van der Waals surface area contributed by atoms with Crippen molar-refractivity contribution in [2.45, 2.75) is 43.1 Å². The Kier molecular flexibility index (Phi) is 7.03. The summed E-state index contributed by atoms with van der Waals surface area (Å²) in [5.41, 5.74) is 0.0200. The Bertz CT molecular complexity index is 671. The quantitative estimate of drug-likeness (QED) is 0.558. The fourth-order valence-corrected chi connectivity index (χ4v) is 3.90. The summed E-state index contributed by atoms with van der Waals surface area (Å²) in [6, 6.07) is 3.93. The first-order chi connectivity index (χ1) is 11.4. The summed E-state index contributed by atoms with van der Waals surface area (Å²) in [7, 11) is -2.50. The van der Waals surface area contributed by atoms with Crippen molar-refractivity contribution >= 4 is 27.6 Å². The Morgan fingerprint density at radius 2 is 2.04 bits per heavy atom. The molecule has 1 fully saturated rings. The summed E-state index contributed by atoms with van der Waals surface area (Å²) >= 11 is 5.90. The normalized spacial score (nSPS) is 15.6. The van der Waals surface area contributed by atoms with Gasteiger partial charge in [-0.25, -0.2) is 17.9 Å². The number of carbonyl (C=O) groups excluding carboxylic acids is 1.